The van der Waals surface area contributed by atoms with Crippen LogP contribution in [0.25, 0.3) is 0 Å². The minimum Gasteiger partial charge on any atom is -0.316 e. The van der Waals surface area contributed by atoms with E-state index in [2.05, 4.69) is 5.32 Å². The Morgan fingerprint density at radius 1 is 1.17 bits per heavy atom. The lowest BCUT2D eigenvalue weighted by Gasteiger charge is -2.24. The Hall–Kier alpha value is -1.03. The van der Waals surface area contributed by atoms with Crippen LogP contribution in [0, 0.1) is 0 Å². The van der Waals surface area contributed by atoms with Crippen molar-refractivity contribution in [1.82, 2.24) is 5.32 Å². The van der Waals surface area contributed by atoms with Crippen LogP contribution in [0.15, 0.2) is 30.3 Å². The van der Waals surface area contributed by atoms with Gasteiger partial charge in [0, 0.05) is 12.5 Å². The van der Waals surface area contributed by atoms with E-state index in [1.165, 1.54) is 0 Å². The molecule has 1 rings (SSSR count). The predicted molar refractivity (Wildman–Crippen MR) is 67.6 cm³/mol. The topological polar surface area (TPSA) is 12.0 Å². The predicted octanol–water partition coefficient (Wildman–Crippen LogP) is 4.11. The first-order valence-electron chi connectivity index (χ1n) is 6.23. The molecule has 1 nitrogen and oxygen atoms in total. The molecule has 18 heavy (non-hydrogen) atoms. The highest BCUT2D eigenvalue weighted by Crippen LogP contribution is 2.26. The van der Waals surface area contributed by atoms with Gasteiger partial charge < -0.3 is 5.32 Å². The molecule has 0 saturated heterocycles. The van der Waals surface area contributed by atoms with Crippen molar-refractivity contribution in [2.24, 2.45) is 0 Å². The van der Waals surface area contributed by atoms with E-state index in [0.717, 1.165) is 5.56 Å². The first kappa shape index (κ1) is 15.0. The molecule has 0 spiro atoms. The van der Waals surface area contributed by atoms with Crippen molar-refractivity contribution in [3.05, 3.63) is 35.9 Å². The standard InChI is InChI=1S/C14H20F3N/c1-11(12-7-4-3-5-8-12)13(18-2)9-6-10-14(15,16)17/h3-5,7-8,11,13,18H,6,9-10H2,1-2H3. The van der Waals surface area contributed by atoms with E-state index in [9.17, 15) is 13.2 Å². The summed E-state index contributed by atoms with van der Waals surface area (Å²) in [6, 6.07) is 9.95. The van der Waals surface area contributed by atoms with Crippen LogP contribution in [-0.2, 0) is 0 Å². The molecule has 0 bridgehead atoms. The van der Waals surface area contributed by atoms with E-state index >= 15 is 0 Å². The molecular weight excluding hydrogens is 239 g/mol. The van der Waals surface area contributed by atoms with E-state index in [1.54, 1.807) is 7.05 Å². The van der Waals surface area contributed by atoms with Crippen molar-refractivity contribution in [3.8, 4) is 0 Å². The molecule has 0 heterocycles. The normalized spacial score (nSPS) is 15.4. The molecule has 4 heteroatoms. The summed E-state index contributed by atoms with van der Waals surface area (Å²) in [5.74, 6) is 0.212. The van der Waals surface area contributed by atoms with Gasteiger partial charge in [0.05, 0.1) is 0 Å². The fourth-order valence-electron chi connectivity index (χ4n) is 2.16. The highest BCUT2D eigenvalue weighted by Gasteiger charge is 2.27. The highest BCUT2D eigenvalue weighted by atomic mass is 19.4. The number of nitrogens with one attached hydrogen (secondary N) is 1. The van der Waals surface area contributed by atoms with Crippen LogP contribution >= 0.6 is 0 Å². The lowest BCUT2D eigenvalue weighted by molar-refractivity contribution is -0.135. The summed E-state index contributed by atoms with van der Waals surface area (Å²) >= 11 is 0. The molecule has 102 valence electrons. The average molecular weight is 259 g/mol. The van der Waals surface area contributed by atoms with Gasteiger partial charge in [-0.05, 0) is 31.4 Å². The van der Waals surface area contributed by atoms with Gasteiger partial charge in [-0.3, -0.25) is 0 Å². The van der Waals surface area contributed by atoms with Crippen molar-refractivity contribution >= 4 is 0 Å². The number of halogens is 3. The fraction of sp³-hybridized carbons (Fsp3) is 0.571. The number of rotatable bonds is 6. The average Bonchev–Trinajstić information content (AvgIpc) is 2.34. The second kappa shape index (κ2) is 6.78. The third-order valence-electron chi connectivity index (χ3n) is 3.28. The molecule has 0 aliphatic heterocycles. The van der Waals surface area contributed by atoms with Gasteiger partial charge in [0.15, 0.2) is 0 Å². The third kappa shape index (κ3) is 5.08. The summed E-state index contributed by atoms with van der Waals surface area (Å²) in [5, 5.41) is 3.12. The van der Waals surface area contributed by atoms with Gasteiger partial charge in [-0.15, -0.1) is 0 Å². The number of hydrogen-bond acceptors (Lipinski definition) is 1. The number of alkyl halides is 3. The van der Waals surface area contributed by atoms with Crippen LogP contribution in [0.1, 0.15) is 37.7 Å². The maximum absolute atomic E-state index is 12.1. The molecular formula is C14H20F3N. The summed E-state index contributed by atoms with van der Waals surface area (Å²) in [7, 11) is 1.80. The van der Waals surface area contributed by atoms with E-state index in [1.807, 2.05) is 37.3 Å². The Balaban J connectivity index is 2.51. The zero-order valence-electron chi connectivity index (χ0n) is 10.8. The molecule has 0 aliphatic rings. The molecule has 0 radical (unpaired) electrons. The summed E-state index contributed by atoms with van der Waals surface area (Å²) in [5.41, 5.74) is 1.16. The smallest absolute Gasteiger partial charge is 0.316 e. The first-order valence-corrected chi connectivity index (χ1v) is 6.23. The number of benzene rings is 1. The van der Waals surface area contributed by atoms with E-state index in [4.69, 9.17) is 0 Å². The van der Waals surface area contributed by atoms with Crippen LogP contribution in [0.5, 0.6) is 0 Å². The lowest BCUT2D eigenvalue weighted by atomic mass is 9.90. The fourth-order valence-corrected chi connectivity index (χ4v) is 2.16. The van der Waals surface area contributed by atoms with Crippen molar-refractivity contribution < 1.29 is 13.2 Å². The zero-order valence-corrected chi connectivity index (χ0v) is 10.8. The van der Waals surface area contributed by atoms with Gasteiger partial charge in [0.1, 0.15) is 0 Å². The van der Waals surface area contributed by atoms with Gasteiger partial charge >= 0.3 is 6.18 Å². The number of likely N-dealkylation sites (N-methyl/N-ethyl adjacent to an activating group) is 1. The Bertz CT molecular complexity index is 335. The van der Waals surface area contributed by atoms with Gasteiger partial charge in [-0.1, -0.05) is 37.3 Å². The van der Waals surface area contributed by atoms with Crippen LogP contribution in [0.4, 0.5) is 13.2 Å². The Labute approximate surface area is 106 Å². The minimum absolute atomic E-state index is 0.0785. The van der Waals surface area contributed by atoms with Crippen LogP contribution in [0.3, 0.4) is 0 Å². The number of hydrogen-bond donors (Lipinski definition) is 1. The summed E-state index contributed by atoms with van der Waals surface area (Å²) in [6.07, 6.45) is -4.04. The van der Waals surface area contributed by atoms with Gasteiger partial charge in [-0.25, -0.2) is 0 Å². The zero-order chi connectivity index (χ0) is 13.6. The maximum atomic E-state index is 12.1. The van der Waals surface area contributed by atoms with Crippen LogP contribution in [0.2, 0.25) is 0 Å². The van der Waals surface area contributed by atoms with E-state index in [0.29, 0.717) is 6.42 Å². The molecule has 0 aromatic heterocycles. The molecule has 0 aliphatic carbocycles. The maximum Gasteiger partial charge on any atom is 0.389 e. The van der Waals surface area contributed by atoms with E-state index in [-0.39, 0.29) is 18.4 Å². The summed E-state index contributed by atoms with van der Waals surface area (Å²) in [4.78, 5) is 0. The molecule has 0 saturated carbocycles. The second-order valence-electron chi connectivity index (χ2n) is 4.60. The molecule has 0 fully saturated rings. The monoisotopic (exact) mass is 259 g/mol. The molecule has 0 amide bonds. The first-order chi connectivity index (χ1) is 8.44. The summed E-state index contributed by atoms with van der Waals surface area (Å²) < 4.78 is 36.3. The molecule has 2 unspecified atom stereocenters. The van der Waals surface area contributed by atoms with Crippen LogP contribution in [-0.4, -0.2) is 19.3 Å². The van der Waals surface area contributed by atoms with Crippen molar-refractivity contribution in [2.75, 3.05) is 7.05 Å². The van der Waals surface area contributed by atoms with Gasteiger partial charge in [0.2, 0.25) is 0 Å². The highest BCUT2D eigenvalue weighted by molar-refractivity contribution is 5.20. The molecule has 2 atom stereocenters. The Kier molecular flexibility index (Phi) is 5.66. The van der Waals surface area contributed by atoms with Crippen molar-refractivity contribution in [1.29, 1.82) is 0 Å². The Morgan fingerprint density at radius 3 is 2.28 bits per heavy atom. The SMILES string of the molecule is CNC(CCCC(F)(F)F)C(C)c1ccccc1. The molecule has 1 N–H and O–H groups in total. The molecule has 1 aromatic carbocycles. The quantitative estimate of drug-likeness (QED) is 0.810. The minimum atomic E-state index is -4.05. The van der Waals surface area contributed by atoms with Crippen LogP contribution < -0.4 is 5.32 Å². The van der Waals surface area contributed by atoms with E-state index < -0.39 is 12.6 Å². The molecule has 1 aromatic rings. The third-order valence-corrected chi connectivity index (χ3v) is 3.28. The summed E-state index contributed by atoms with van der Waals surface area (Å²) in [6.45, 7) is 2.05. The second-order valence-corrected chi connectivity index (χ2v) is 4.60. The Morgan fingerprint density at radius 2 is 1.78 bits per heavy atom. The van der Waals surface area contributed by atoms with Crippen molar-refractivity contribution in [2.45, 2.75) is 44.3 Å². The lowest BCUT2D eigenvalue weighted by Crippen LogP contribution is -2.31. The van der Waals surface area contributed by atoms with Crippen molar-refractivity contribution in [3.63, 3.8) is 0 Å². The van der Waals surface area contributed by atoms with Gasteiger partial charge in [0.25, 0.3) is 0 Å². The van der Waals surface area contributed by atoms with Gasteiger partial charge in [-0.2, -0.15) is 13.2 Å². The largest absolute Gasteiger partial charge is 0.389 e.